The van der Waals surface area contributed by atoms with E-state index < -0.39 is 5.91 Å². The first-order valence-corrected chi connectivity index (χ1v) is 11.0. The molecular weight excluding hydrogens is 468 g/mol. The number of amides is 1. The highest BCUT2D eigenvalue weighted by atomic mass is 35.5. The number of hydrogen-bond donors (Lipinski definition) is 3. The lowest BCUT2D eigenvalue weighted by Gasteiger charge is -2.18. The molecule has 0 spiro atoms. The van der Waals surface area contributed by atoms with Crippen molar-refractivity contribution in [3.05, 3.63) is 81.4 Å². The van der Waals surface area contributed by atoms with Crippen LogP contribution in [-0.4, -0.2) is 32.5 Å². The molecule has 176 valence electrons. The van der Waals surface area contributed by atoms with Crippen LogP contribution in [0.3, 0.4) is 0 Å². The summed E-state index contributed by atoms with van der Waals surface area (Å²) >= 11 is 6.16. The number of fused-ring (bicyclic) bond motifs is 1. The van der Waals surface area contributed by atoms with Crippen molar-refractivity contribution >= 4 is 45.5 Å². The first-order valence-electron chi connectivity index (χ1n) is 10.6. The van der Waals surface area contributed by atoms with Gasteiger partial charge in [-0.15, -0.1) is 0 Å². The van der Waals surface area contributed by atoms with Crippen molar-refractivity contribution in [3.8, 4) is 6.07 Å². The maximum atomic E-state index is 12.6. The van der Waals surface area contributed by atoms with Gasteiger partial charge in [-0.25, -0.2) is 15.0 Å². The largest absolute Gasteiger partial charge is 0.375 e. The van der Waals surface area contributed by atoms with Crippen molar-refractivity contribution in [2.75, 3.05) is 17.7 Å². The summed E-state index contributed by atoms with van der Waals surface area (Å²) in [5.74, 6) is 0.152. The number of nitrogens with zero attached hydrogens (tertiary/aromatic N) is 5. The van der Waals surface area contributed by atoms with Gasteiger partial charge in [-0.2, -0.15) is 5.26 Å². The molecule has 3 aromatic heterocycles. The van der Waals surface area contributed by atoms with E-state index in [2.05, 4.69) is 30.9 Å². The highest BCUT2D eigenvalue weighted by Crippen LogP contribution is 2.31. The maximum Gasteiger partial charge on any atom is 0.269 e. The third-order valence-electron chi connectivity index (χ3n) is 5.42. The van der Waals surface area contributed by atoms with Gasteiger partial charge < -0.3 is 20.5 Å². The molecule has 3 heterocycles. The first kappa shape index (κ1) is 23.7. The van der Waals surface area contributed by atoms with Gasteiger partial charge in [0.05, 0.1) is 17.2 Å². The number of aryl methyl sites for hydroxylation is 1. The molecule has 0 saturated carbocycles. The third kappa shape index (κ3) is 4.76. The van der Waals surface area contributed by atoms with E-state index in [1.54, 1.807) is 42.2 Å². The average molecular weight is 489 g/mol. The molecule has 1 amide bonds. The second-order valence-electron chi connectivity index (χ2n) is 7.70. The number of anilines is 3. The molecule has 0 saturated heterocycles. The topological polar surface area (TPSA) is 138 Å². The number of nitriles is 1. The van der Waals surface area contributed by atoms with Crippen LogP contribution in [0.1, 0.15) is 34.8 Å². The molecule has 0 aliphatic rings. The molecule has 0 fully saturated rings. The molecule has 0 aliphatic heterocycles. The summed E-state index contributed by atoms with van der Waals surface area (Å²) < 4.78 is 1.54. The fourth-order valence-electron chi connectivity index (χ4n) is 3.61. The van der Waals surface area contributed by atoms with Gasteiger partial charge in [0.2, 0.25) is 0 Å². The summed E-state index contributed by atoms with van der Waals surface area (Å²) in [6.07, 6.45) is 3.31. The van der Waals surface area contributed by atoms with Crippen LogP contribution in [0.4, 0.5) is 17.1 Å². The molecule has 11 heteroatoms. The van der Waals surface area contributed by atoms with Crippen LogP contribution in [0, 0.1) is 11.3 Å². The molecule has 0 radical (unpaired) electrons. The minimum Gasteiger partial charge on any atom is -0.375 e. The van der Waals surface area contributed by atoms with Crippen molar-refractivity contribution in [2.24, 2.45) is 7.05 Å². The van der Waals surface area contributed by atoms with Crippen molar-refractivity contribution in [2.45, 2.75) is 13.0 Å². The second-order valence-corrected chi connectivity index (χ2v) is 8.06. The summed E-state index contributed by atoms with van der Waals surface area (Å²) in [5.41, 5.74) is 2.25. The number of halogens is 1. The molecule has 1 unspecified atom stereocenters. The van der Waals surface area contributed by atoms with Gasteiger partial charge in [0, 0.05) is 49.3 Å². The lowest BCUT2D eigenvalue weighted by atomic mass is 10.1. The highest BCUT2D eigenvalue weighted by molar-refractivity contribution is 6.31. The average Bonchev–Trinajstić information content (AvgIpc) is 2.87. The number of rotatable bonds is 6. The standard InChI is InChI=1S/C24H21ClN8O2/c1-13(23-28-7-4-8-29-23)30-18-11-21(34)33(3)20-6-5-14(9-15(18)20)31-17-10-19(24(35)27-2)32-22(25)16(17)12-26/h4-11,13,30H,1-3H3,(H,27,35)(H,31,32). The van der Waals surface area contributed by atoms with Crippen LogP contribution >= 0.6 is 11.6 Å². The molecule has 35 heavy (non-hydrogen) atoms. The van der Waals surface area contributed by atoms with Crippen LogP contribution in [-0.2, 0) is 7.05 Å². The number of carbonyl (C=O) groups is 1. The Kier molecular flexibility index (Phi) is 6.62. The number of carbonyl (C=O) groups excluding carboxylic acids is 1. The Hall–Kier alpha value is -4.49. The quantitative estimate of drug-likeness (QED) is 0.350. The molecule has 0 bridgehead atoms. The fourth-order valence-corrected chi connectivity index (χ4v) is 3.84. The molecule has 4 rings (SSSR count). The lowest BCUT2D eigenvalue weighted by Crippen LogP contribution is -2.20. The Morgan fingerprint density at radius 2 is 1.91 bits per heavy atom. The second kappa shape index (κ2) is 9.79. The SMILES string of the molecule is CNC(=O)c1cc(Nc2ccc3c(c2)c(NC(C)c2ncccn2)cc(=O)n3C)c(C#N)c(Cl)n1. The van der Waals surface area contributed by atoms with Gasteiger partial charge in [0.15, 0.2) is 0 Å². The minimum atomic E-state index is -0.434. The number of aromatic nitrogens is 4. The van der Waals surface area contributed by atoms with E-state index in [4.69, 9.17) is 11.6 Å². The van der Waals surface area contributed by atoms with Crippen LogP contribution in [0.5, 0.6) is 0 Å². The molecule has 4 aromatic rings. The predicted octanol–water partition coefficient (Wildman–Crippen LogP) is 3.52. The zero-order valence-electron chi connectivity index (χ0n) is 19.1. The molecule has 1 aromatic carbocycles. The zero-order chi connectivity index (χ0) is 25.1. The van der Waals surface area contributed by atoms with Crippen molar-refractivity contribution in [1.82, 2.24) is 24.8 Å². The number of benzene rings is 1. The van der Waals surface area contributed by atoms with Crippen LogP contribution in [0.15, 0.2) is 53.6 Å². The van der Waals surface area contributed by atoms with Crippen molar-refractivity contribution in [3.63, 3.8) is 0 Å². The number of hydrogen-bond acceptors (Lipinski definition) is 8. The lowest BCUT2D eigenvalue weighted by molar-refractivity contribution is 0.0958. The van der Waals surface area contributed by atoms with Crippen LogP contribution in [0.25, 0.3) is 10.9 Å². The van der Waals surface area contributed by atoms with Gasteiger partial charge in [-0.3, -0.25) is 9.59 Å². The summed E-state index contributed by atoms with van der Waals surface area (Å²) in [7, 11) is 3.17. The van der Waals surface area contributed by atoms with E-state index in [0.717, 1.165) is 5.39 Å². The Morgan fingerprint density at radius 1 is 1.17 bits per heavy atom. The monoisotopic (exact) mass is 488 g/mol. The molecule has 1 atom stereocenters. The van der Waals surface area contributed by atoms with Gasteiger partial charge in [0.25, 0.3) is 11.5 Å². The Bertz CT molecular complexity index is 1530. The maximum absolute atomic E-state index is 12.6. The highest BCUT2D eigenvalue weighted by Gasteiger charge is 2.17. The Balaban J connectivity index is 1.78. The van der Waals surface area contributed by atoms with Gasteiger partial charge in [0.1, 0.15) is 28.3 Å². The van der Waals surface area contributed by atoms with Gasteiger partial charge in [-0.05, 0) is 37.3 Å². The molecular formula is C24H21ClN8O2. The molecule has 3 N–H and O–H groups in total. The predicted molar refractivity (Wildman–Crippen MR) is 134 cm³/mol. The normalized spacial score (nSPS) is 11.5. The molecule has 0 aliphatic carbocycles. The number of pyridine rings is 2. The molecule has 10 nitrogen and oxygen atoms in total. The Labute approximate surface area is 205 Å². The van der Waals surface area contributed by atoms with Crippen LogP contribution < -0.4 is 21.5 Å². The minimum absolute atomic E-state index is 0.0706. The van der Waals surface area contributed by atoms with Crippen LogP contribution in [0.2, 0.25) is 5.15 Å². The van der Waals surface area contributed by atoms with E-state index in [0.29, 0.717) is 28.4 Å². The van der Waals surface area contributed by atoms with E-state index in [-0.39, 0.29) is 28.0 Å². The van der Waals surface area contributed by atoms with Gasteiger partial charge >= 0.3 is 0 Å². The van der Waals surface area contributed by atoms with E-state index in [1.807, 2.05) is 19.1 Å². The number of nitrogens with one attached hydrogen (secondary N) is 3. The van der Waals surface area contributed by atoms with Crippen molar-refractivity contribution in [1.29, 1.82) is 5.26 Å². The zero-order valence-corrected chi connectivity index (χ0v) is 19.9. The van der Waals surface area contributed by atoms with E-state index in [1.165, 1.54) is 19.2 Å². The summed E-state index contributed by atoms with van der Waals surface area (Å²) in [6, 6.07) is 11.9. The van der Waals surface area contributed by atoms with Gasteiger partial charge in [-0.1, -0.05) is 11.6 Å². The smallest absolute Gasteiger partial charge is 0.269 e. The third-order valence-corrected chi connectivity index (χ3v) is 5.69. The van der Waals surface area contributed by atoms with Crippen molar-refractivity contribution < 1.29 is 4.79 Å². The summed E-state index contributed by atoms with van der Waals surface area (Å²) in [5, 5.41) is 19.2. The first-order chi connectivity index (χ1) is 16.8. The Morgan fingerprint density at radius 3 is 2.60 bits per heavy atom. The fraction of sp³-hybridized carbons (Fsp3) is 0.167. The van der Waals surface area contributed by atoms with E-state index in [9.17, 15) is 14.9 Å². The summed E-state index contributed by atoms with van der Waals surface area (Å²) in [6.45, 7) is 1.90. The van der Waals surface area contributed by atoms with E-state index >= 15 is 0 Å². The summed E-state index contributed by atoms with van der Waals surface area (Å²) in [4.78, 5) is 37.2.